The third-order valence-corrected chi connectivity index (χ3v) is 3.60. The summed E-state index contributed by atoms with van der Waals surface area (Å²) in [6.07, 6.45) is -3.27. The molecule has 0 N–H and O–H groups in total. The van der Waals surface area contributed by atoms with Crippen molar-refractivity contribution in [2.45, 2.75) is 25.2 Å². The first kappa shape index (κ1) is 14.5. The molecule has 0 spiro atoms. The largest absolute Gasteiger partial charge is 0.324 e. The molecule has 1 aromatic carbocycles. The third-order valence-electron chi connectivity index (χ3n) is 2.93. The Bertz CT molecular complexity index is 507. The van der Waals surface area contributed by atoms with Crippen molar-refractivity contribution in [1.82, 2.24) is 0 Å². The van der Waals surface area contributed by atoms with E-state index in [-0.39, 0.29) is 6.42 Å². The highest BCUT2D eigenvalue weighted by molar-refractivity contribution is 14.1. The van der Waals surface area contributed by atoms with Gasteiger partial charge in [0.25, 0.3) is 0 Å². The van der Waals surface area contributed by atoms with E-state index in [0.29, 0.717) is 12.1 Å². The Morgan fingerprint density at radius 3 is 2.63 bits per heavy atom. The lowest BCUT2D eigenvalue weighted by Crippen LogP contribution is -2.46. The van der Waals surface area contributed by atoms with Crippen molar-refractivity contribution in [3.8, 4) is 0 Å². The summed E-state index contributed by atoms with van der Waals surface area (Å²) in [4.78, 5) is 12.5. The molecule has 0 aliphatic carbocycles. The van der Waals surface area contributed by atoms with E-state index in [0.717, 1.165) is 14.0 Å². The standard InChI is InChI=1S/C12H10F4INO/c13-11(14)12(15,16)6-18-9-3-2-8(17)5-7(9)1-4-10(18)19/h2-3,5,11H,1,4,6H2. The average Bonchev–Trinajstić information content (AvgIpc) is 2.32. The number of aryl methyl sites for hydroxylation is 1. The number of fused-ring (bicyclic) bond motifs is 1. The fourth-order valence-electron chi connectivity index (χ4n) is 1.98. The van der Waals surface area contributed by atoms with Crippen LogP contribution in [0.15, 0.2) is 18.2 Å². The van der Waals surface area contributed by atoms with Gasteiger partial charge in [-0.2, -0.15) is 8.78 Å². The first-order chi connectivity index (χ1) is 8.81. The van der Waals surface area contributed by atoms with E-state index in [4.69, 9.17) is 0 Å². The zero-order valence-electron chi connectivity index (χ0n) is 9.68. The average molecular weight is 387 g/mol. The second-order valence-electron chi connectivity index (χ2n) is 4.31. The van der Waals surface area contributed by atoms with E-state index in [1.807, 2.05) is 0 Å². The Hall–Kier alpha value is -0.860. The second kappa shape index (κ2) is 5.26. The Morgan fingerprint density at radius 2 is 2.00 bits per heavy atom. The van der Waals surface area contributed by atoms with Gasteiger partial charge in [-0.3, -0.25) is 4.79 Å². The Labute approximate surface area is 120 Å². The van der Waals surface area contributed by atoms with Crippen LogP contribution in [0.5, 0.6) is 0 Å². The van der Waals surface area contributed by atoms with E-state index in [9.17, 15) is 22.4 Å². The minimum absolute atomic E-state index is 0.0619. The molecule has 1 heterocycles. The van der Waals surface area contributed by atoms with Gasteiger partial charge in [-0.15, -0.1) is 0 Å². The molecule has 1 aliphatic heterocycles. The number of hydrogen-bond acceptors (Lipinski definition) is 1. The molecule has 1 aliphatic rings. The fourth-order valence-corrected chi connectivity index (χ4v) is 2.54. The van der Waals surface area contributed by atoms with Gasteiger partial charge in [0, 0.05) is 15.7 Å². The van der Waals surface area contributed by atoms with Crippen molar-refractivity contribution in [3.63, 3.8) is 0 Å². The maximum absolute atomic E-state index is 13.1. The van der Waals surface area contributed by atoms with Crippen LogP contribution in [0.4, 0.5) is 23.2 Å². The SMILES string of the molecule is O=C1CCc2cc(I)ccc2N1CC(F)(F)C(F)F. The summed E-state index contributed by atoms with van der Waals surface area (Å²) in [5, 5.41) is 0. The first-order valence-electron chi connectivity index (χ1n) is 5.56. The topological polar surface area (TPSA) is 20.3 Å². The number of carbonyl (C=O) groups is 1. The van der Waals surface area contributed by atoms with Gasteiger partial charge in [-0.1, -0.05) is 0 Å². The Balaban J connectivity index is 2.33. The van der Waals surface area contributed by atoms with Crippen LogP contribution in [0.25, 0.3) is 0 Å². The summed E-state index contributed by atoms with van der Waals surface area (Å²) < 4.78 is 51.7. The minimum atomic E-state index is -4.20. The monoisotopic (exact) mass is 387 g/mol. The predicted molar refractivity (Wildman–Crippen MR) is 70.8 cm³/mol. The summed E-state index contributed by atoms with van der Waals surface area (Å²) in [7, 11) is 0. The lowest BCUT2D eigenvalue weighted by Gasteiger charge is -2.32. The van der Waals surface area contributed by atoms with Gasteiger partial charge in [-0.05, 0) is 52.8 Å². The van der Waals surface area contributed by atoms with Gasteiger partial charge in [0.05, 0.1) is 6.54 Å². The Kier molecular flexibility index (Phi) is 4.03. The molecule has 0 atom stereocenters. The highest BCUT2D eigenvalue weighted by Gasteiger charge is 2.44. The van der Waals surface area contributed by atoms with Gasteiger partial charge >= 0.3 is 12.3 Å². The fraction of sp³-hybridized carbons (Fsp3) is 0.417. The molecule has 1 amide bonds. The number of nitrogens with zero attached hydrogens (tertiary/aromatic N) is 1. The summed E-state index contributed by atoms with van der Waals surface area (Å²) >= 11 is 2.07. The first-order valence-corrected chi connectivity index (χ1v) is 6.64. The van der Waals surface area contributed by atoms with Crippen LogP contribution < -0.4 is 4.90 Å². The summed E-state index contributed by atoms with van der Waals surface area (Å²) in [6, 6.07) is 4.96. The van der Waals surface area contributed by atoms with Gasteiger partial charge < -0.3 is 4.90 Å². The van der Waals surface area contributed by atoms with Crippen molar-refractivity contribution in [2.24, 2.45) is 0 Å². The smallest absolute Gasteiger partial charge is 0.306 e. The van der Waals surface area contributed by atoms with Crippen LogP contribution in [0.1, 0.15) is 12.0 Å². The normalized spacial score (nSPS) is 15.9. The zero-order chi connectivity index (χ0) is 14.2. The predicted octanol–water partition coefficient (Wildman–Crippen LogP) is 3.47. The van der Waals surface area contributed by atoms with E-state index in [1.165, 1.54) is 6.07 Å². The number of carbonyl (C=O) groups excluding carboxylic acids is 1. The molecule has 0 bridgehead atoms. The molecule has 0 aromatic heterocycles. The molecule has 104 valence electrons. The lowest BCUT2D eigenvalue weighted by molar-refractivity contribution is -0.131. The maximum atomic E-state index is 13.1. The van der Waals surface area contributed by atoms with Gasteiger partial charge in [0.2, 0.25) is 5.91 Å². The zero-order valence-corrected chi connectivity index (χ0v) is 11.8. The van der Waals surface area contributed by atoms with E-state index >= 15 is 0 Å². The molecule has 2 rings (SSSR count). The molecular formula is C12H10F4INO. The summed E-state index contributed by atoms with van der Waals surface area (Å²) in [6.45, 7) is -1.28. The van der Waals surface area contributed by atoms with Crippen LogP contribution in [0.2, 0.25) is 0 Å². The highest BCUT2D eigenvalue weighted by Crippen LogP contribution is 2.33. The number of halogens is 5. The van der Waals surface area contributed by atoms with Crippen LogP contribution in [0.3, 0.4) is 0 Å². The van der Waals surface area contributed by atoms with Crippen molar-refractivity contribution < 1.29 is 22.4 Å². The van der Waals surface area contributed by atoms with Crippen LogP contribution in [0, 0.1) is 3.57 Å². The second-order valence-corrected chi connectivity index (χ2v) is 5.56. The quantitative estimate of drug-likeness (QED) is 0.575. The van der Waals surface area contributed by atoms with Crippen molar-refractivity contribution in [3.05, 3.63) is 27.3 Å². The van der Waals surface area contributed by atoms with E-state index in [2.05, 4.69) is 22.6 Å². The van der Waals surface area contributed by atoms with Crippen molar-refractivity contribution in [1.29, 1.82) is 0 Å². The molecule has 1 aromatic rings. The number of rotatable bonds is 3. The molecule has 0 fully saturated rings. The third kappa shape index (κ3) is 3.01. The van der Waals surface area contributed by atoms with Crippen molar-refractivity contribution in [2.75, 3.05) is 11.4 Å². The lowest BCUT2D eigenvalue weighted by atomic mass is 10.0. The highest BCUT2D eigenvalue weighted by atomic mass is 127. The number of benzene rings is 1. The minimum Gasteiger partial charge on any atom is -0.306 e. The maximum Gasteiger partial charge on any atom is 0.324 e. The molecule has 0 saturated heterocycles. The summed E-state index contributed by atoms with van der Waals surface area (Å²) in [5.41, 5.74) is 1.04. The molecule has 2 nitrogen and oxygen atoms in total. The van der Waals surface area contributed by atoms with E-state index < -0.39 is 24.8 Å². The number of hydrogen-bond donors (Lipinski definition) is 0. The van der Waals surface area contributed by atoms with Crippen molar-refractivity contribution >= 4 is 34.2 Å². The van der Waals surface area contributed by atoms with Gasteiger partial charge in [-0.25, -0.2) is 8.78 Å². The van der Waals surface area contributed by atoms with Gasteiger partial charge in [0.1, 0.15) is 0 Å². The van der Waals surface area contributed by atoms with Crippen LogP contribution in [-0.4, -0.2) is 24.8 Å². The number of amides is 1. The van der Waals surface area contributed by atoms with Crippen LogP contribution in [-0.2, 0) is 11.2 Å². The molecule has 0 unspecified atom stereocenters. The van der Waals surface area contributed by atoms with E-state index in [1.54, 1.807) is 12.1 Å². The Morgan fingerprint density at radius 1 is 1.32 bits per heavy atom. The molecule has 19 heavy (non-hydrogen) atoms. The molecule has 7 heteroatoms. The summed E-state index contributed by atoms with van der Waals surface area (Å²) in [5.74, 6) is -4.75. The number of anilines is 1. The number of alkyl halides is 4. The van der Waals surface area contributed by atoms with Crippen LogP contribution >= 0.6 is 22.6 Å². The van der Waals surface area contributed by atoms with Gasteiger partial charge in [0.15, 0.2) is 0 Å². The molecule has 0 radical (unpaired) electrons. The molecular weight excluding hydrogens is 377 g/mol. The molecule has 0 saturated carbocycles.